The second-order valence-corrected chi connectivity index (χ2v) is 14.3. The Morgan fingerprint density at radius 3 is 2.25 bits per heavy atom. The lowest BCUT2D eigenvalue weighted by atomic mass is 9.84. The number of anilines is 1. The van der Waals surface area contributed by atoms with Crippen molar-refractivity contribution in [1.29, 1.82) is 5.26 Å². The summed E-state index contributed by atoms with van der Waals surface area (Å²) >= 11 is 0. The highest BCUT2D eigenvalue weighted by Crippen LogP contribution is 2.43. The Hall–Kier alpha value is -4.32. The first kappa shape index (κ1) is 48.8. The van der Waals surface area contributed by atoms with Crippen LogP contribution in [0.25, 0.3) is 0 Å². The largest absolute Gasteiger partial charge is 0.489 e. The molecule has 1 unspecified atom stereocenters. The van der Waals surface area contributed by atoms with Crippen molar-refractivity contribution in [3.8, 4) is 6.07 Å². The van der Waals surface area contributed by atoms with Crippen LogP contribution in [0, 0.1) is 11.3 Å². The molecule has 0 saturated carbocycles. The van der Waals surface area contributed by atoms with E-state index in [9.17, 15) is 27.2 Å². The fourth-order valence-electron chi connectivity index (χ4n) is 6.45. The molecule has 1 heterocycles. The van der Waals surface area contributed by atoms with Crippen LogP contribution in [0.15, 0.2) is 101 Å². The number of benzene rings is 1. The number of rotatable bonds is 21. The van der Waals surface area contributed by atoms with Crippen LogP contribution >= 0.6 is 0 Å². The van der Waals surface area contributed by atoms with Crippen LogP contribution in [0.2, 0.25) is 0 Å². The smallest absolute Gasteiger partial charge is 0.416 e. The molecule has 0 spiro atoms. The normalized spacial score (nSPS) is 17.0. The molecule has 316 valence electrons. The van der Waals surface area contributed by atoms with Crippen LogP contribution < -0.4 is 5.32 Å². The molecule has 14 heteroatoms. The first-order valence-corrected chi connectivity index (χ1v) is 18.9. The number of hydrazine groups is 1. The second kappa shape index (κ2) is 21.4. The minimum atomic E-state index is -4.61. The van der Waals surface area contributed by atoms with Gasteiger partial charge in [0.05, 0.1) is 35.1 Å². The third-order valence-electron chi connectivity index (χ3n) is 9.74. The van der Waals surface area contributed by atoms with Gasteiger partial charge in [-0.05, 0) is 71.4 Å². The molecule has 1 aliphatic heterocycles. The topological polar surface area (TPSA) is 64.0 Å². The standard InChI is InChI=1S/C43H58F7N5O2/c1-12-21-55-41(7,8)35(28-51)39(30(6)54(55)22-20-36(44)40(45)38(15-4)57-26-24-53(10)23-25-56-11)29(5)52-37-19-18-33(42(9,46)47)27-34(37)31(13-2)16-17-32(14-3)43(48,49)50/h14-19,27,31,52H,5-6,12-13,20-26H2,1-4,7-11H3/b17-16-,32-14+,38-15+,40-36-. The Bertz CT molecular complexity index is 1760. The van der Waals surface area contributed by atoms with Crippen molar-refractivity contribution in [3.63, 3.8) is 0 Å². The minimum Gasteiger partial charge on any atom is -0.489 e. The molecule has 0 saturated heterocycles. The van der Waals surface area contributed by atoms with Gasteiger partial charge >= 0.3 is 6.18 Å². The van der Waals surface area contributed by atoms with Gasteiger partial charge in [0.1, 0.15) is 12.4 Å². The highest BCUT2D eigenvalue weighted by atomic mass is 19.4. The molecule has 1 aromatic rings. The average Bonchev–Trinajstić information content (AvgIpc) is 3.14. The first-order chi connectivity index (χ1) is 26.6. The molecule has 0 fully saturated rings. The van der Waals surface area contributed by atoms with Crippen molar-refractivity contribution in [2.75, 3.05) is 58.9 Å². The predicted octanol–water partition coefficient (Wildman–Crippen LogP) is 11.4. The first-order valence-electron chi connectivity index (χ1n) is 18.9. The molecule has 0 bridgehead atoms. The van der Waals surface area contributed by atoms with Gasteiger partial charge in [-0.25, -0.2) is 22.6 Å². The van der Waals surface area contributed by atoms with Gasteiger partial charge in [-0.1, -0.05) is 51.3 Å². The summed E-state index contributed by atoms with van der Waals surface area (Å²) < 4.78 is 112. The van der Waals surface area contributed by atoms with Gasteiger partial charge < -0.3 is 24.7 Å². The van der Waals surface area contributed by atoms with Crippen molar-refractivity contribution in [1.82, 2.24) is 14.9 Å². The lowest BCUT2D eigenvalue weighted by Crippen LogP contribution is -2.58. The number of nitrogens with zero attached hydrogens (tertiary/aromatic N) is 4. The van der Waals surface area contributed by atoms with Crippen molar-refractivity contribution in [2.45, 2.75) is 91.3 Å². The van der Waals surface area contributed by atoms with Crippen molar-refractivity contribution in [2.24, 2.45) is 0 Å². The SMILES string of the molecule is C=C(Nc1ccc(C(C)(F)F)cc1C(/C=C\C(=C/C)C(F)(F)F)CC)C1=C(C#N)C(C)(C)N(CCC)N(CC/C(F)=C(F)\C(=C/C)OCCN(C)CCOC)C1=C. The van der Waals surface area contributed by atoms with Gasteiger partial charge in [0.25, 0.3) is 5.92 Å². The van der Waals surface area contributed by atoms with Crippen LogP contribution in [0.5, 0.6) is 0 Å². The molecule has 0 aromatic heterocycles. The Kier molecular flexibility index (Phi) is 18.4. The van der Waals surface area contributed by atoms with E-state index in [1.807, 2.05) is 23.9 Å². The van der Waals surface area contributed by atoms with E-state index in [1.165, 1.54) is 37.3 Å². The molecule has 57 heavy (non-hydrogen) atoms. The van der Waals surface area contributed by atoms with E-state index >= 15 is 8.78 Å². The monoisotopic (exact) mass is 809 g/mol. The summed E-state index contributed by atoms with van der Waals surface area (Å²) in [5, 5.41) is 17.2. The summed E-state index contributed by atoms with van der Waals surface area (Å²) in [5.41, 5.74) is -0.768. The van der Waals surface area contributed by atoms with E-state index < -0.39 is 47.2 Å². The predicted molar refractivity (Wildman–Crippen MR) is 213 cm³/mol. The number of likely N-dealkylation sites (N-methyl/N-ethyl adjacent to an activating group) is 1. The van der Waals surface area contributed by atoms with E-state index in [-0.39, 0.29) is 64.7 Å². The number of nitrogens with one attached hydrogen (secondary N) is 1. The number of nitriles is 1. The quantitative estimate of drug-likeness (QED) is 0.0754. The summed E-state index contributed by atoms with van der Waals surface area (Å²) in [6.45, 7) is 21.3. The molecule has 7 nitrogen and oxygen atoms in total. The van der Waals surface area contributed by atoms with E-state index in [0.29, 0.717) is 32.7 Å². The van der Waals surface area contributed by atoms with Crippen LogP contribution in [0.3, 0.4) is 0 Å². The highest BCUT2D eigenvalue weighted by molar-refractivity contribution is 5.66. The Morgan fingerprint density at radius 1 is 1.07 bits per heavy atom. The Morgan fingerprint density at radius 2 is 1.72 bits per heavy atom. The second-order valence-electron chi connectivity index (χ2n) is 14.3. The summed E-state index contributed by atoms with van der Waals surface area (Å²) in [5.74, 6) is -6.40. The third kappa shape index (κ3) is 12.8. The molecule has 0 radical (unpaired) electrons. The van der Waals surface area contributed by atoms with Crippen molar-refractivity contribution >= 4 is 5.69 Å². The highest BCUT2D eigenvalue weighted by Gasteiger charge is 2.43. The summed E-state index contributed by atoms with van der Waals surface area (Å²) in [6.07, 6.45) is 0.419. The van der Waals surface area contributed by atoms with Gasteiger partial charge in [-0.2, -0.15) is 18.4 Å². The number of hydrogen-bond donors (Lipinski definition) is 1. The zero-order valence-electron chi connectivity index (χ0n) is 34.6. The van der Waals surface area contributed by atoms with Gasteiger partial charge in [-0.15, -0.1) is 0 Å². The number of ether oxygens (including phenoxy) is 2. The summed E-state index contributed by atoms with van der Waals surface area (Å²) in [6, 6.07) is 6.13. The van der Waals surface area contributed by atoms with Gasteiger partial charge in [0, 0.05) is 75.1 Å². The molecule has 1 aromatic carbocycles. The molecular weight excluding hydrogens is 751 g/mol. The molecule has 1 aliphatic rings. The maximum atomic E-state index is 15.6. The number of hydrogen-bond acceptors (Lipinski definition) is 7. The number of allylic oxidation sites excluding steroid dienone is 6. The van der Waals surface area contributed by atoms with Gasteiger partial charge in [0.15, 0.2) is 11.6 Å². The molecule has 1 atom stereocenters. The fourth-order valence-corrected chi connectivity index (χ4v) is 6.45. The third-order valence-corrected chi connectivity index (χ3v) is 9.74. The van der Waals surface area contributed by atoms with Crippen molar-refractivity contribution < 1.29 is 40.2 Å². The molecule has 1 N–H and O–H groups in total. The molecule has 2 rings (SSSR count). The molecule has 0 amide bonds. The van der Waals surface area contributed by atoms with E-state index in [0.717, 1.165) is 19.1 Å². The lowest BCUT2D eigenvalue weighted by Gasteiger charge is -2.51. The number of alkyl halides is 5. The maximum absolute atomic E-state index is 15.6. The lowest BCUT2D eigenvalue weighted by molar-refractivity contribution is -0.0883. The maximum Gasteiger partial charge on any atom is 0.416 e. The number of methoxy groups -OCH3 is 1. The van der Waals surface area contributed by atoms with Gasteiger partial charge in [0.2, 0.25) is 0 Å². The zero-order chi connectivity index (χ0) is 43.3. The van der Waals surface area contributed by atoms with Crippen molar-refractivity contribution in [3.05, 3.63) is 112 Å². The van der Waals surface area contributed by atoms with Crippen LogP contribution in [-0.2, 0) is 15.4 Å². The summed E-state index contributed by atoms with van der Waals surface area (Å²) in [4.78, 5) is 1.93. The summed E-state index contributed by atoms with van der Waals surface area (Å²) in [7, 11) is 3.44. The van der Waals surface area contributed by atoms with E-state index in [2.05, 4.69) is 24.5 Å². The zero-order valence-corrected chi connectivity index (χ0v) is 34.6. The Labute approximate surface area is 334 Å². The van der Waals surface area contributed by atoms with Gasteiger partial charge in [-0.3, -0.25) is 0 Å². The van der Waals surface area contributed by atoms with E-state index in [4.69, 9.17) is 9.47 Å². The molecular formula is C43H58F7N5O2. The Balaban J connectivity index is 2.57. The van der Waals surface area contributed by atoms with Crippen LogP contribution in [-0.4, -0.2) is 80.2 Å². The van der Waals surface area contributed by atoms with E-state index in [1.54, 1.807) is 39.8 Å². The number of halogens is 7. The molecule has 0 aliphatic carbocycles. The fraction of sp³-hybridized carbons (Fsp3) is 0.512. The average molecular weight is 810 g/mol. The van der Waals surface area contributed by atoms with Crippen LogP contribution in [0.4, 0.5) is 36.4 Å². The van der Waals surface area contributed by atoms with Crippen LogP contribution in [0.1, 0.15) is 84.8 Å². The minimum absolute atomic E-state index is 0.0888.